The van der Waals surface area contributed by atoms with Crippen molar-refractivity contribution in [3.8, 4) is 0 Å². The molecule has 0 unspecified atom stereocenters. The highest BCUT2D eigenvalue weighted by molar-refractivity contribution is 5.83. The Hall–Kier alpha value is -2.45. The number of alkyl halides is 3. The lowest BCUT2D eigenvalue weighted by Crippen LogP contribution is -2.55. The second kappa shape index (κ2) is 8.49. The van der Waals surface area contributed by atoms with Crippen LogP contribution in [-0.2, 0) is 11.0 Å². The summed E-state index contributed by atoms with van der Waals surface area (Å²) in [5, 5.41) is 11.8. The van der Waals surface area contributed by atoms with Gasteiger partial charge >= 0.3 is 18.2 Å². The van der Waals surface area contributed by atoms with E-state index in [0.717, 1.165) is 12.1 Å². The fraction of sp³-hybridized carbons (Fsp3) is 0.556. The van der Waals surface area contributed by atoms with E-state index in [4.69, 9.17) is 0 Å². The van der Waals surface area contributed by atoms with Gasteiger partial charge in [-0.15, -0.1) is 0 Å². The highest BCUT2D eigenvalue weighted by Crippen LogP contribution is 2.31. The molecule has 2 amide bonds. The predicted octanol–water partition coefficient (Wildman–Crippen LogP) is 3.04. The number of nitrogens with zero attached hydrogens (tertiary/aromatic N) is 2. The largest absolute Gasteiger partial charge is 0.480 e. The average Bonchev–Trinajstić information content (AvgIpc) is 2.64. The van der Waals surface area contributed by atoms with E-state index >= 15 is 0 Å². The minimum atomic E-state index is -4.40. The van der Waals surface area contributed by atoms with Crippen LogP contribution in [0.4, 0.5) is 23.7 Å². The second-order valence-corrected chi connectivity index (χ2v) is 6.67. The number of rotatable bonds is 5. The first-order valence-electron chi connectivity index (χ1n) is 8.84. The van der Waals surface area contributed by atoms with Gasteiger partial charge in [0.15, 0.2) is 0 Å². The van der Waals surface area contributed by atoms with Crippen LogP contribution < -0.4 is 10.2 Å². The van der Waals surface area contributed by atoms with Crippen LogP contribution in [0.3, 0.4) is 0 Å². The van der Waals surface area contributed by atoms with Crippen molar-refractivity contribution in [2.24, 2.45) is 5.92 Å². The number of amides is 2. The maximum Gasteiger partial charge on any atom is 0.416 e. The lowest BCUT2D eigenvalue weighted by molar-refractivity contribution is -0.140. The van der Waals surface area contributed by atoms with Gasteiger partial charge in [-0.3, -0.25) is 0 Å². The van der Waals surface area contributed by atoms with Gasteiger partial charge in [-0.1, -0.05) is 26.3 Å². The molecule has 1 aliphatic heterocycles. The van der Waals surface area contributed by atoms with Crippen molar-refractivity contribution in [1.29, 1.82) is 0 Å². The van der Waals surface area contributed by atoms with E-state index < -0.39 is 29.8 Å². The number of piperazine rings is 1. The van der Waals surface area contributed by atoms with Gasteiger partial charge in [-0.2, -0.15) is 13.2 Å². The van der Waals surface area contributed by atoms with Crippen LogP contribution in [0.2, 0.25) is 0 Å². The first-order valence-corrected chi connectivity index (χ1v) is 8.84. The lowest BCUT2D eigenvalue weighted by atomic mass is 9.99. The van der Waals surface area contributed by atoms with Gasteiger partial charge in [0, 0.05) is 31.9 Å². The summed E-state index contributed by atoms with van der Waals surface area (Å²) < 4.78 is 38.6. The molecule has 0 radical (unpaired) electrons. The van der Waals surface area contributed by atoms with Gasteiger partial charge in [0.25, 0.3) is 0 Å². The molecular weight excluding hydrogens is 363 g/mol. The van der Waals surface area contributed by atoms with Crippen LogP contribution in [0.25, 0.3) is 0 Å². The van der Waals surface area contributed by atoms with E-state index in [0.29, 0.717) is 38.3 Å². The molecule has 2 rings (SSSR count). The first-order chi connectivity index (χ1) is 12.6. The third-order valence-electron chi connectivity index (χ3n) is 4.86. The van der Waals surface area contributed by atoms with Gasteiger partial charge in [-0.25, -0.2) is 9.59 Å². The molecule has 0 aromatic heterocycles. The van der Waals surface area contributed by atoms with Crippen molar-refractivity contribution in [3.05, 3.63) is 29.8 Å². The molecule has 0 spiro atoms. The first kappa shape index (κ1) is 20.9. The Balaban J connectivity index is 1.97. The van der Waals surface area contributed by atoms with E-state index in [1.807, 2.05) is 6.92 Å². The number of carboxylic acids is 1. The normalized spacial score (nSPS) is 17.4. The molecular formula is C18H24F3N3O3. The number of carbonyl (C=O) groups excluding carboxylic acids is 1. The standard InChI is InChI=1S/C18H24F3N3O3/c1-3-12(2)15(16(25)26)22-17(27)24-9-7-23(8-10-24)14-6-4-5-13(11-14)18(19,20)21/h4-6,11-12,15H,3,7-10H2,1-2H3,(H,22,27)(H,25,26)/t12-,15-/m0/s1. The molecule has 150 valence electrons. The third kappa shape index (κ3) is 5.27. The molecule has 1 aromatic rings. The quantitative estimate of drug-likeness (QED) is 0.815. The Morgan fingerprint density at radius 2 is 1.85 bits per heavy atom. The summed E-state index contributed by atoms with van der Waals surface area (Å²) in [6.07, 6.45) is -3.79. The van der Waals surface area contributed by atoms with Crippen molar-refractivity contribution in [2.45, 2.75) is 32.5 Å². The number of hydrogen-bond acceptors (Lipinski definition) is 3. The number of benzene rings is 1. The monoisotopic (exact) mass is 387 g/mol. The van der Waals surface area contributed by atoms with Crippen LogP contribution in [-0.4, -0.2) is 54.2 Å². The molecule has 1 aromatic carbocycles. The van der Waals surface area contributed by atoms with E-state index in [1.54, 1.807) is 17.9 Å². The van der Waals surface area contributed by atoms with Crippen LogP contribution in [0.15, 0.2) is 24.3 Å². The zero-order valence-corrected chi connectivity index (χ0v) is 15.3. The van der Waals surface area contributed by atoms with Gasteiger partial charge in [0.1, 0.15) is 6.04 Å². The molecule has 0 saturated carbocycles. The van der Waals surface area contributed by atoms with Gasteiger partial charge in [0.05, 0.1) is 5.56 Å². The van der Waals surface area contributed by atoms with E-state index in [-0.39, 0.29) is 5.92 Å². The summed E-state index contributed by atoms with van der Waals surface area (Å²) in [6, 6.07) is 3.65. The molecule has 0 aliphatic carbocycles. The summed E-state index contributed by atoms with van der Waals surface area (Å²) in [5.41, 5.74) is -0.258. The van der Waals surface area contributed by atoms with Crippen LogP contribution in [0, 0.1) is 5.92 Å². The van der Waals surface area contributed by atoms with E-state index in [9.17, 15) is 27.9 Å². The van der Waals surface area contributed by atoms with Crippen LogP contribution in [0.1, 0.15) is 25.8 Å². The average molecular weight is 387 g/mol. The van der Waals surface area contributed by atoms with Crippen molar-refractivity contribution in [3.63, 3.8) is 0 Å². The topological polar surface area (TPSA) is 72.9 Å². The zero-order valence-electron chi connectivity index (χ0n) is 15.3. The number of anilines is 1. The lowest BCUT2D eigenvalue weighted by Gasteiger charge is -2.37. The Morgan fingerprint density at radius 3 is 2.37 bits per heavy atom. The third-order valence-corrected chi connectivity index (χ3v) is 4.86. The van der Waals surface area contributed by atoms with Gasteiger partial charge in [0.2, 0.25) is 0 Å². The Morgan fingerprint density at radius 1 is 1.22 bits per heavy atom. The molecule has 2 atom stereocenters. The fourth-order valence-corrected chi connectivity index (χ4v) is 2.95. The summed E-state index contributed by atoms with van der Waals surface area (Å²) in [5.74, 6) is -1.29. The number of carboxylic acid groups (broad SMARTS) is 1. The predicted molar refractivity (Wildman–Crippen MR) is 94.6 cm³/mol. The number of hydrogen-bond donors (Lipinski definition) is 2. The zero-order chi connectivity index (χ0) is 20.2. The number of aliphatic carboxylic acids is 1. The number of urea groups is 1. The van der Waals surface area contributed by atoms with Crippen molar-refractivity contribution < 1.29 is 27.9 Å². The minimum Gasteiger partial charge on any atom is -0.480 e. The highest BCUT2D eigenvalue weighted by atomic mass is 19.4. The number of nitrogens with one attached hydrogen (secondary N) is 1. The maximum atomic E-state index is 12.9. The van der Waals surface area contributed by atoms with Crippen molar-refractivity contribution >= 4 is 17.7 Å². The summed E-state index contributed by atoms with van der Waals surface area (Å²) in [6.45, 7) is 4.95. The van der Waals surface area contributed by atoms with E-state index in [1.165, 1.54) is 11.0 Å². The molecule has 1 fully saturated rings. The highest BCUT2D eigenvalue weighted by Gasteiger charge is 2.32. The van der Waals surface area contributed by atoms with Crippen molar-refractivity contribution in [2.75, 3.05) is 31.1 Å². The Bertz CT molecular complexity index is 673. The SMILES string of the molecule is CC[C@H](C)[C@H](NC(=O)N1CCN(c2cccc(C(F)(F)F)c2)CC1)C(=O)O. The molecule has 1 saturated heterocycles. The maximum absolute atomic E-state index is 12.9. The number of halogens is 3. The molecule has 0 bridgehead atoms. The molecule has 2 N–H and O–H groups in total. The summed E-state index contributed by atoms with van der Waals surface area (Å²) in [7, 11) is 0. The fourth-order valence-electron chi connectivity index (χ4n) is 2.95. The Kier molecular flexibility index (Phi) is 6.56. The molecule has 1 aliphatic rings. The second-order valence-electron chi connectivity index (χ2n) is 6.67. The van der Waals surface area contributed by atoms with Crippen LogP contribution in [0.5, 0.6) is 0 Å². The molecule has 6 nitrogen and oxygen atoms in total. The van der Waals surface area contributed by atoms with Crippen molar-refractivity contribution in [1.82, 2.24) is 10.2 Å². The molecule has 27 heavy (non-hydrogen) atoms. The summed E-state index contributed by atoms with van der Waals surface area (Å²) in [4.78, 5) is 26.9. The summed E-state index contributed by atoms with van der Waals surface area (Å²) >= 11 is 0. The minimum absolute atomic E-state index is 0.210. The van der Waals surface area contributed by atoms with Gasteiger partial charge in [-0.05, 0) is 24.1 Å². The Labute approximate surface area is 155 Å². The smallest absolute Gasteiger partial charge is 0.416 e. The number of carbonyl (C=O) groups is 2. The molecule has 9 heteroatoms. The van der Waals surface area contributed by atoms with Gasteiger partial charge < -0.3 is 20.2 Å². The van der Waals surface area contributed by atoms with Crippen LogP contribution >= 0.6 is 0 Å². The van der Waals surface area contributed by atoms with E-state index in [2.05, 4.69) is 5.32 Å². The molecule has 1 heterocycles.